The molecule has 0 spiro atoms. The van der Waals surface area contributed by atoms with Crippen LogP contribution in [0.4, 0.5) is 5.13 Å². The second-order valence-electron chi connectivity index (χ2n) is 5.21. The fourth-order valence-corrected chi connectivity index (χ4v) is 3.88. The number of aromatic nitrogens is 4. The number of carbonyl (C=O) groups is 1. The third-order valence-electron chi connectivity index (χ3n) is 3.50. The molecule has 0 fully saturated rings. The SMILES string of the molecule is Cc1nnc(NC(=O)c2cc3c(=O)n4cccc(C)c4nc3s2)s1. The van der Waals surface area contributed by atoms with Crippen LogP contribution >= 0.6 is 22.7 Å². The van der Waals surface area contributed by atoms with Crippen LogP contribution in [0.2, 0.25) is 0 Å². The van der Waals surface area contributed by atoms with Gasteiger partial charge >= 0.3 is 0 Å². The molecule has 0 atom stereocenters. The topological polar surface area (TPSA) is 89.2 Å². The van der Waals surface area contributed by atoms with Crippen molar-refractivity contribution in [1.82, 2.24) is 19.6 Å². The van der Waals surface area contributed by atoms with E-state index in [1.807, 2.05) is 19.9 Å². The lowest BCUT2D eigenvalue weighted by Gasteiger charge is -2.02. The van der Waals surface area contributed by atoms with Gasteiger partial charge in [0.25, 0.3) is 11.5 Å². The summed E-state index contributed by atoms with van der Waals surface area (Å²) in [6.45, 7) is 3.71. The summed E-state index contributed by atoms with van der Waals surface area (Å²) in [6.07, 6.45) is 1.68. The Labute approximate surface area is 143 Å². The average molecular weight is 357 g/mol. The normalized spacial score (nSPS) is 11.2. The molecule has 0 saturated heterocycles. The molecule has 0 aliphatic heterocycles. The number of aryl methyl sites for hydroxylation is 2. The maximum atomic E-state index is 12.6. The van der Waals surface area contributed by atoms with Gasteiger partial charge in [0.2, 0.25) is 5.13 Å². The van der Waals surface area contributed by atoms with Gasteiger partial charge < -0.3 is 0 Å². The Balaban J connectivity index is 1.82. The molecule has 0 aliphatic rings. The maximum absolute atomic E-state index is 12.6. The zero-order valence-electron chi connectivity index (χ0n) is 12.7. The Morgan fingerprint density at radius 1 is 1.25 bits per heavy atom. The second kappa shape index (κ2) is 5.46. The van der Waals surface area contributed by atoms with Crippen LogP contribution in [0.3, 0.4) is 0 Å². The molecule has 0 unspecified atom stereocenters. The lowest BCUT2D eigenvalue weighted by molar-refractivity contribution is 0.103. The number of carbonyl (C=O) groups excluding carboxylic acids is 1. The molecule has 1 N–H and O–H groups in total. The molecule has 4 rings (SSSR count). The summed E-state index contributed by atoms with van der Waals surface area (Å²) in [7, 11) is 0. The summed E-state index contributed by atoms with van der Waals surface area (Å²) in [5.74, 6) is -0.320. The average Bonchev–Trinajstić information content (AvgIpc) is 3.15. The molecular formula is C15H11N5O2S2. The van der Waals surface area contributed by atoms with Gasteiger partial charge in [0.1, 0.15) is 15.5 Å². The van der Waals surface area contributed by atoms with Crippen molar-refractivity contribution >= 4 is 49.6 Å². The fourth-order valence-electron chi connectivity index (χ4n) is 2.38. The van der Waals surface area contributed by atoms with Gasteiger partial charge in [-0.3, -0.25) is 19.3 Å². The zero-order chi connectivity index (χ0) is 16.8. The van der Waals surface area contributed by atoms with E-state index >= 15 is 0 Å². The Morgan fingerprint density at radius 2 is 2.08 bits per heavy atom. The molecule has 0 radical (unpaired) electrons. The predicted molar refractivity (Wildman–Crippen MR) is 94.2 cm³/mol. The molecule has 0 aromatic carbocycles. The quantitative estimate of drug-likeness (QED) is 0.596. The van der Waals surface area contributed by atoms with Gasteiger partial charge in [0, 0.05) is 6.20 Å². The summed E-state index contributed by atoms with van der Waals surface area (Å²) in [5.41, 5.74) is 1.32. The minimum Gasteiger partial charge on any atom is -0.296 e. The van der Waals surface area contributed by atoms with Crippen molar-refractivity contribution in [1.29, 1.82) is 0 Å². The molecule has 4 aromatic rings. The van der Waals surface area contributed by atoms with E-state index < -0.39 is 0 Å². The van der Waals surface area contributed by atoms with Crippen molar-refractivity contribution in [2.75, 3.05) is 5.32 Å². The third-order valence-corrected chi connectivity index (χ3v) is 5.28. The summed E-state index contributed by atoms with van der Waals surface area (Å²) in [4.78, 5) is 30.5. The van der Waals surface area contributed by atoms with Crippen LogP contribution in [-0.2, 0) is 0 Å². The first-order valence-corrected chi connectivity index (χ1v) is 8.69. The smallest absolute Gasteiger partial charge is 0.267 e. The molecule has 4 heterocycles. The zero-order valence-corrected chi connectivity index (χ0v) is 14.4. The molecule has 0 bridgehead atoms. The summed E-state index contributed by atoms with van der Waals surface area (Å²) >= 11 is 2.48. The molecule has 4 aromatic heterocycles. The van der Waals surface area contributed by atoms with Crippen molar-refractivity contribution in [3.8, 4) is 0 Å². The highest BCUT2D eigenvalue weighted by atomic mass is 32.1. The molecule has 7 nitrogen and oxygen atoms in total. The van der Waals surface area contributed by atoms with Gasteiger partial charge in [-0.05, 0) is 31.5 Å². The lowest BCUT2D eigenvalue weighted by atomic mass is 10.3. The van der Waals surface area contributed by atoms with Gasteiger partial charge in [-0.15, -0.1) is 21.5 Å². The highest BCUT2D eigenvalue weighted by molar-refractivity contribution is 7.20. The third kappa shape index (κ3) is 2.38. The van der Waals surface area contributed by atoms with E-state index in [2.05, 4.69) is 20.5 Å². The summed E-state index contributed by atoms with van der Waals surface area (Å²) in [5, 5.41) is 12.0. The number of fused-ring (bicyclic) bond motifs is 2. The van der Waals surface area contributed by atoms with Crippen molar-refractivity contribution in [2.24, 2.45) is 0 Å². The van der Waals surface area contributed by atoms with E-state index in [1.165, 1.54) is 27.1 Å². The van der Waals surface area contributed by atoms with E-state index in [-0.39, 0.29) is 11.5 Å². The van der Waals surface area contributed by atoms with E-state index in [9.17, 15) is 9.59 Å². The molecule has 1 amide bonds. The van der Waals surface area contributed by atoms with Crippen LogP contribution in [-0.4, -0.2) is 25.5 Å². The summed E-state index contributed by atoms with van der Waals surface area (Å²) in [6, 6.07) is 5.27. The van der Waals surface area contributed by atoms with Gasteiger partial charge in [-0.1, -0.05) is 17.4 Å². The number of rotatable bonds is 2. The standard InChI is InChI=1S/C15H11N5O2S2/c1-7-4-3-5-20-11(7)16-13-9(14(20)22)6-10(24-13)12(21)17-15-19-18-8(2)23-15/h3-6H,1-2H3,(H,17,19,21). The number of nitrogens with zero attached hydrogens (tertiary/aromatic N) is 4. The largest absolute Gasteiger partial charge is 0.296 e. The Hall–Kier alpha value is -2.65. The first-order valence-electron chi connectivity index (χ1n) is 7.06. The van der Waals surface area contributed by atoms with E-state index in [1.54, 1.807) is 18.3 Å². The Morgan fingerprint density at radius 3 is 2.83 bits per heavy atom. The number of nitrogens with one attached hydrogen (secondary N) is 1. The Bertz CT molecular complexity index is 1160. The molecule has 0 saturated carbocycles. The Kier molecular flexibility index (Phi) is 3.39. The monoisotopic (exact) mass is 357 g/mol. The van der Waals surface area contributed by atoms with E-state index in [0.29, 0.717) is 25.9 Å². The van der Waals surface area contributed by atoms with Gasteiger partial charge in [0.15, 0.2) is 0 Å². The van der Waals surface area contributed by atoms with E-state index in [0.717, 1.165) is 10.6 Å². The highest BCUT2D eigenvalue weighted by Gasteiger charge is 2.16. The molecule has 120 valence electrons. The highest BCUT2D eigenvalue weighted by Crippen LogP contribution is 2.24. The first kappa shape index (κ1) is 14.9. The lowest BCUT2D eigenvalue weighted by Crippen LogP contribution is -2.14. The minimum atomic E-state index is -0.320. The van der Waals surface area contributed by atoms with Crippen molar-refractivity contribution in [3.05, 3.63) is 50.2 Å². The predicted octanol–water partition coefficient (Wildman–Crippen LogP) is 2.63. The number of amides is 1. The van der Waals surface area contributed by atoms with Gasteiger partial charge in [0.05, 0.1) is 10.3 Å². The second-order valence-corrected chi connectivity index (χ2v) is 7.42. The van der Waals surface area contributed by atoms with Crippen molar-refractivity contribution < 1.29 is 4.79 Å². The van der Waals surface area contributed by atoms with Crippen LogP contribution in [0, 0.1) is 13.8 Å². The van der Waals surface area contributed by atoms with Crippen molar-refractivity contribution in [3.63, 3.8) is 0 Å². The maximum Gasteiger partial charge on any atom is 0.267 e. The van der Waals surface area contributed by atoms with Gasteiger partial charge in [-0.2, -0.15) is 0 Å². The van der Waals surface area contributed by atoms with Gasteiger partial charge in [-0.25, -0.2) is 4.98 Å². The number of hydrogen-bond acceptors (Lipinski definition) is 7. The van der Waals surface area contributed by atoms with Crippen LogP contribution in [0.15, 0.2) is 29.2 Å². The number of hydrogen-bond donors (Lipinski definition) is 1. The summed E-state index contributed by atoms with van der Waals surface area (Å²) < 4.78 is 1.50. The molecule has 0 aliphatic carbocycles. The number of thiophene rings is 1. The van der Waals surface area contributed by atoms with Crippen molar-refractivity contribution in [2.45, 2.75) is 13.8 Å². The molecular weight excluding hydrogens is 346 g/mol. The van der Waals surface area contributed by atoms with Crippen LogP contribution in [0.1, 0.15) is 20.2 Å². The number of anilines is 1. The molecule has 9 heteroatoms. The minimum absolute atomic E-state index is 0.180. The number of pyridine rings is 1. The van der Waals surface area contributed by atoms with Crippen LogP contribution in [0.5, 0.6) is 0 Å². The van der Waals surface area contributed by atoms with Crippen LogP contribution in [0.25, 0.3) is 15.9 Å². The van der Waals surface area contributed by atoms with E-state index in [4.69, 9.17) is 0 Å². The van der Waals surface area contributed by atoms with Crippen LogP contribution < -0.4 is 10.9 Å². The first-order chi connectivity index (χ1) is 11.5. The fraction of sp³-hybridized carbons (Fsp3) is 0.133. The molecule has 24 heavy (non-hydrogen) atoms.